The number of nitrogens with zero attached hydrogens (tertiary/aromatic N) is 2. The lowest BCUT2D eigenvalue weighted by atomic mass is 10.3. The number of nitrogens with one attached hydrogen (secondary N) is 1. The molecule has 3 N–H and O–H groups in total. The number of nitrogen functional groups attached to an aromatic ring is 1. The molecule has 0 aliphatic rings. The zero-order valence-corrected chi connectivity index (χ0v) is 12.5. The summed E-state index contributed by atoms with van der Waals surface area (Å²) in [6.07, 6.45) is 0.958. The molecule has 0 aliphatic carbocycles. The van der Waals surface area contributed by atoms with E-state index < -0.39 is 0 Å². The van der Waals surface area contributed by atoms with Gasteiger partial charge in [0.15, 0.2) is 5.82 Å². The smallest absolute Gasteiger partial charge is 0.152 e. The second-order valence-electron chi connectivity index (χ2n) is 4.32. The molecule has 0 aliphatic heterocycles. The summed E-state index contributed by atoms with van der Waals surface area (Å²) < 4.78 is 15.6. The van der Waals surface area contributed by atoms with E-state index in [0.29, 0.717) is 10.2 Å². The van der Waals surface area contributed by atoms with Crippen molar-refractivity contribution >= 4 is 33.1 Å². The molecule has 0 atom stereocenters. The van der Waals surface area contributed by atoms with E-state index in [1.54, 1.807) is 6.07 Å². The van der Waals surface area contributed by atoms with E-state index in [1.165, 1.54) is 12.1 Å². The van der Waals surface area contributed by atoms with Crippen molar-refractivity contribution in [3.8, 4) is 0 Å². The van der Waals surface area contributed by atoms with Crippen molar-refractivity contribution in [3.05, 3.63) is 34.2 Å². The van der Waals surface area contributed by atoms with Crippen LogP contribution in [0.15, 0.2) is 22.7 Å². The van der Waals surface area contributed by atoms with Crippen LogP contribution in [0.3, 0.4) is 0 Å². The molecule has 0 unspecified atom stereocenters. The maximum absolute atomic E-state index is 13.1. The van der Waals surface area contributed by atoms with Crippen LogP contribution in [0.25, 0.3) is 0 Å². The Morgan fingerprint density at radius 3 is 2.84 bits per heavy atom. The summed E-state index contributed by atoms with van der Waals surface area (Å²) in [5, 5.41) is 7.59. The SMILES string of the molecule is CCCn1nc(C)c(N)c1Nc1ccc(F)cc1Br. The topological polar surface area (TPSA) is 55.9 Å². The Bertz CT molecular complexity index is 595. The van der Waals surface area contributed by atoms with Crippen molar-refractivity contribution in [2.45, 2.75) is 26.8 Å². The molecule has 2 rings (SSSR count). The van der Waals surface area contributed by atoms with Crippen molar-refractivity contribution in [2.24, 2.45) is 0 Å². The molecule has 2 aromatic rings. The van der Waals surface area contributed by atoms with Crippen LogP contribution < -0.4 is 11.1 Å². The maximum Gasteiger partial charge on any atom is 0.152 e. The second kappa shape index (κ2) is 5.61. The van der Waals surface area contributed by atoms with Gasteiger partial charge in [0.25, 0.3) is 0 Å². The van der Waals surface area contributed by atoms with E-state index in [0.717, 1.165) is 30.2 Å². The molecule has 0 saturated carbocycles. The van der Waals surface area contributed by atoms with Crippen LogP contribution in [-0.4, -0.2) is 9.78 Å². The number of nitrogens with two attached hydrogens (primary N) is 1. The van der Waals surface area contributed by atoms with Crippen LogP contribution >= 0.6 is 15.9 Å². The highest BCUT2D eigenvalue weighted by molar-refractivity contribution is 9.10. The minimum absolute atomic E-state index is 0.288. The van der Waals surface area contributed by atoms with Crippen LogP contribution in [-0.2, 0) is 6.54 Å². The molecular weight excluding hydrogens is 311 g/mol. The number of aromatic nitrogens is 2. The van der Waals surface area contributed by atoms with Crippen molar-refractivity contribution < 1.29 is 4.39 Å². The van der Waals surface area contributed by atoms with Gasteiger partial charge in [-0.1, -0.05) is 6.92 Å². The molecule has 19 heavy (non-hydrogen) atoms. The zero-order valence-electron chi connectivity index (χ0n) is 10.9. The van der Waals surface area contributed by atoms with E-state index in [-0.39, 0.29) is 5.82 Å². The highest BCUT2D eigenvalue weighted by Gasteiger charge is 2.13. The number of anilines is 3. The fourth-order valence-corrected chi connectivity index (χ4v) is 2.27. The Morgan fingerprint density at radius 2 is 2.21 bits per heavy atom. The van der Waals surface area contributed by atoms with Crippen molar-refractivity contribution in [1.82, 2.24) is 9.78 Å². The fraction of sp³-hybridized carbons (Fsp3) is 0.308. The van der Waals surface area contributed by atoms with Crippen LogP contribution in [0.1, 0.15) is 19.0 Å². The number of hydrogen-bond donors (Lipinski definition) is 2. The number of benzene rings is 1. The predicted octanol–water partition coefficient (Wildman–Crippen LogP) is 3.83. The van der Waals surface area contributed by atoms with E-state index >= 15 is 0 Å². The molecule has 1 aromatic heterocycles. The van der Waals surface area contributed by atoms with Crippen molar-refractivity contribution in [1.29, 1.82) is 0 Å². The third-order valence-electron chi connectivity index (χ3n) is 2.79. The lowest BCUT2D eigenvalue weighted by molar-refractivity contribution is 0.605. The molecule has 102 valence electrons. The minimum atomic E-state index is -0.288. The average Bonchev–Trinajstić information content (AvgIpc) is 2.61. The Morgan fingerprint density at radius 1 is 1.47 bits per heavy atom. The number of hydrogen-bond acceptors (Lipinski definition) is 3. The van der Waals surface area contributed by atoms with Gasteiger partial charge in [0, 0.05) is 11.0 Å². The second-order valence-corrected chi connectivity index (χ2v) is 5.17. The number of halogens is 2. The molecule has 1 heterocycles. The summed E-state index contributed by atoms with van der Waals surface area (Å²) in [6.45, 7) is 4.72. The summed E-state index contributed by atoms with van der Waals surface area (Å²) in [6, 6.07) is 4.47. The van der Waals surface area contributed by atoms with Crippen molar-refractivity contribution in [2.75, 3.05) is 11.1 Å². The molecule has 0 spiro atoms. The molecular formula is C13H16BrFN4. The molecule has 0 radical (unpaired) electrons. The van der Waals surface area contributed by atoms with Crippen LogP contribution in [0, 0.1) is 12.7 Å². The lowest BCUT2D eigenvalue weighted by Gasteiger charge is -2.11. The lowest BCUT2D eigenvalue weighted by Crippen LogP contribution is -2.06. The normalized spacial score (nSPS) is 10.7. The highest BCUT2D eigenvalue weighted by Crippen LogP contribution is 2.30. The molecule has 0 bridgehead atoms. The standard InChI is InChI=1S/C13H16BrFN4/c1-3-6-19-13(12(16)8(2)18-19)17-11-5-4-9(15)7-10(11)14/h4-5,7,17H,3,6,16H2,1-2H3. The van der Waals surface area contributed by atoms with Gasteiger partial charge in [-0.2, -0.15) is 5.10 Å². The first-order valence-electron chi connectivity index (χ1n) is 6.08. The molecule has 6 heteroatoms. The Balaban J connectivity index is 2.37. The third-order valence-corrected chi connectivity index (χ3v) is 3.45. The van der Waals surface area contributed by atoms with Gasteiger partial charge in [0.05, 0.1) is 17.1 Å². The minimum Gasteiger partial charge on any atom is -0.394 e. The van der Waals surface area contributed by atoms with E-state index in [1.807, 2.05) is 11.6 Å². The summed E-state index contributed by atoms with van der Waals surface area (Å²) >= 11 is 3.33. The molecule has 0 fully saturated rings. The summed E-state index contributed by atoms with van der Waals surface area (Å²) in [5.74, 6) is 0.454. The van der Waals surface area contributed by atoms with Crippen LogP contribution in [0.4, 0.5) is 21.6 Å². The number of rotatable bonds is 4. The van der Waals surface area contributed by atoms with Gasteiger partial charge in [0.2, 0.25) is 0 Å². The van der Waals surface area contributed by atoms with E-state index in [2.05, 4.69) is 33.3 Å². The van der Waals surface area contributed by atoms with E-state index in [4.69, 9.17) is 5.73 Å². The first-order chi connectivity index (χ1) is 9.02. The average molecular weight is 327 g/mol. The summed E-state index contributed by atoms with van der Waals surface area (Å²) in [5.41, 5.74) is 8.18. The monoisotopic (exact) mass is 326 g/mol. The largest absolute Gasteiger partial charge is 0.394 e. The number of aryl methyl sites for hydroxylation is 2. The highest BCUT2D eigenvalue weighted by atomic mass is 79.9. The summed E-state index contributed by atoms with van der Waals surface area (Å²) in [7, 11) is 0. The van der Waals surface area contributed by atoms with Gasteiger partial charge in [-0.15, -0.1) is 0 Å². The molecule has 0 amide bonds. The quantitative estimate of drug-likeness (QED) is 0.897. The first-order valence-corrected chi connectivity index (χ1v) is 6.87. The van der Waals surface area contributed by atoms with E-state index in [9.17, 15) is 4.39 Å². The third kappa shape index (κ3) is 2.89. The zero-order chi connectivity index (χ0) is 14.0. The fourth-order valence-electron chi connectivity index (χ4n) is 1.82. The Labute approximate surface area is 119 Å². The van der Waals surface area contributed by atoms with Crippen LogP contribution in [0.2, 0.25) is 0 Å². The molecule has 0 saturated heterocycles. The first kappa shape index (κ1) is 13.9. The van der Waals surface area contributed by atoms with Crippen molar-refractivity contribution in [3.63, 3.8) is 0 Å². The summed E-state index contributed by atoms with van der Waals surface area (Å²) in [4.78, 5) is 0. The van der Waals surface area contributed by atoms with Crippen LogP contribution in [0.5, 0.6) is 0 Å². The van der Waals surface area contributed by atoms with Gasteiger partial charge in [-0.25, -0.2) is 9.07 Å². The van der Waals surface area contributed by atoms with Gasteiger partial charge < -0.3 is 11.1 Å². The molecule has 1 aromatic carbocycles. The van der Waals surface area contributed by atoms with Gasteiger partial charge in [0.1, 0.15) is 5.82 Å². The van der Waals surface area contributed by atoms with Gasteiger partial charge >= 0.3 is 0 Å². The Hall–Kier alpha value is -1.56. The van der Waals surface area contributed by atoms with Gasteiger partial charge in [-0.3, -0.25) is 0 Å². The molecule has 4 nitrogen and oxygen atoms in total. The predicted molar refractivity (Wildman–Crippen MR) is 79.1 cm³/mol. The Kier molecular flexibility index (Phi) is 4.09. The maximum atomic E-state index is 13.1. The van der Waals surface area contributed by atoms with Gasteiger partial charge in [-0.05, 0) is 47.5 Å².